The number of halogens is 2. The Morgan fingerprint density at radius 1 is 1.40 bits per heavy atom. The normalized spacial score (nSPS) is 13.7. The molecule has 2 rings (SSSR count). The lowest BCUT2D eigenvalue weighted by Gasteiger charge is -2.16. The summed E-state index contributed by atoms with van der Waals surface area (Å²) in [6, 6.07) is 2.42. The lowest BCUT2D eigenvalue weighted by atomic mass is 10.1. The molecular formula is C12H11BrFN3O3. The standard InChI is InChI=1S/C12H11BrFN3O3/c13-7-4-6-9(5-8(7)14)17(12(20)11(6)19)3-1-2-10(18)16-15/h4-5H,1-3,15H2,(H,16,18). The van der Waals surface area contributed by atoms with E-state index in [9.17, 15) is 18.8 Å². The summed E-state index contributed by atoms with van der Waals surface area (Å²) in [5.74, 6) is 2.62. The first-order valence-electron chi connectivity index (χ1n) is 5.80. The number of rotatable bonds is 4. The second kappa shape index (κ2) is 5.68. The van der Waals surface area contributed by atoms with Crippen molar-refractivity contribution in [3.63, 3.8) is 0 Å². The molecule has 0 aliphatic carbocycles. The number of benzene rings is 1. The van der Waals surface area contributed by atoms with Crippen LogP contribution in [0.4, 0.5) is 10.1 Å². The molecule has 0 spiro atoms. The van der Waals surface area contributed by atoms with Gasteiger partial charge in [0.2, 0.25) is 5.91 Å². The minimum atomic E-state index is -0.717. The zero-order chi connectivity index (χ0) is 14.9. The maximum Gasteiger partial charge on any atom is 0.299 e. The molecule has 3 N–H and O–H groups in total. The molecule has 0 fully saturated rings. The van der Waals surface area contributed by atoms with Crippen LogP contribution in [0.2, 0.25) is 0 Å². The van der Waals surface area contributed by atoms with E-state index in [0.29, 0.717) is 6.42 Å². The van der Waals surface area contributed by atoms with Crippen LogP contribution in [0.5, 0.6) is 0 Å². The Balaban J connectivity index is 2.20. The minimum absolute atomic E-state index is 0.114. The number of hydrazine groups is 1. The molecule has 1 aromatic carbocycles. The van der Waals surface area contributed by atoms with Gasteiger partial charge in [0.15, 0.2) is 0 Å². The van der Waals surface area contributed by atoms with E-state index in [0.717, 1.165) is 6.07 Å². The summed E-state index contributed by atoms with van der Waals surface area (Å²) in [7, 11) is 0. The van der Waals surface area contributed by atoms with Gasteiger partial charge in [0.25, 0.3) is 11.7 Å². The van der Waals surface area contributed by atoms with Crippen LogP contribution < -0.4 is 16.2 Å². The molecule has 106 valence electrons. The molecule has 1 aromatic rings. The van der Waals surface area contributed by atoms with Crippen LogP contribution >= 0.6 is 15.9 Å². The number of nitrogens with two attached hydrogens (primary N) is 1. The summed E-state index contributed by atoms with van der Waals surface area (Å²) in [6.45, 7) is 0.145. The topological polar surface area (TPSA) is 92.5 Å². The zero-order valence-corrected chi connectivity index (χ0v) is 11.9. The molecule has 0 atom stereocenters. The van der Waals surface area contributed by atoms with Gasteiger partial charge in [0, 0.05) is 13.0 Å². The van der Waals surface area contributed by atoms with Crippen LogP contribution in [-0.2, 0) is 9.59 Å². The molecule has 8 heteroatoms. The van der Waals surface area contributed by atoms with Crippen molar-refractivity contribution in [1.29, 1.82) is 0 Å². The highest BCUT2D eigenvalue weighted by Gasteiger charge is 2.36. The maximum atomic E-state index is 13.5. The number of anilines is 1. The Morgan fingerprint density at radius 3 is 2.75 bits per heavy atom. The summed E-state index contributed by atoms with van der Waals surface area (Å²) in [5, 5.41) is 0. The Bertz CT molecular complexity index is 606. The molecule has 6 nitrogen and oxygen atoms in total. The van der Waals surface area contributed by atoms with Gasteiger partial charge in [-0.3, -0.25) is 19.8 Å². The Labute approximate surface area is 122 Å². The van der Waals surface area contributed by atoms with Gasteiger partial charge in [-0.25, -0.2) is 10.2 Å². The van der Waals surface area contributed by atoms with Gasteiger partial charge in [0.05, 0.1) is 15.7 Å². The molecule has 0 saturated heterocycles. The van der Waals surface area contributed by atoms with E-state index in [1.165, 1.54) is 11.0 Å². The van der Waals surface area contributed by atoms with E-state index in [4.69, 9.17) is 5.84 Å². The van der Waals surface area contributed by atoms with Crippen molar-refractivity contribution in [2.45, 2.75) is 12.8 Å². The number of hydrogen-bond donors (Lipinski definition) is 2. The van der Waals surface area contributed by atoms with Crippen LogP contribution in [0.15, 0.2) is 16.6 Å². The van der Waals surface area contributed by atoms with Crippen molar-refractivity contribution in [1.82, 2.24) is 5.43 Å². The number of hydrogen-bond acceptors (Lipinski definition) is 4. The fourth-order valence-corrected chi connectivity index (χ4v) is 2.32. The lowest BCUT2D eigenvalue weighted by molar-refractivity contribution is -0.121. The fourth-order valence-electron chi connectivity index (χ4n) is 1.98. The molecule has 20 heavy (non-hydrogen) atoms. The molecule has 0 bridgehead atoms. The van der Waals surface area contributed by atoms with E-state index < -0.39 is 17.5 Å². The molecule has 1 heterocycles. The van der Waals surface area contributed by atoms with E-state index in [1.807, 2.05) is 5.43 Å². The van der Waals surface area contributed by atoms with Crippen LogP contribution in [0.3, 0.4) is 0 Å². The third kappa shape index (κ3) is 2.56. The van der Waals surface area contributed by atoms with Crippen molar-refractivity contribution >= 4 is 39.2 Å². The van der Waals surface area contributed by atoms with Crippen molar-refractivity contribution < 1.29 is 18.8 Å². The fraction of sp³-hybridized carbons (Fsp3) is 0.250. The lowest BCUT2D eigenvalue weighted by Crippen LogP contribution is -2.33. The smallest absolute Gasteiger partial charge is 0.299 e. The highest BCUT2D eigenvalue weighted by molar-refractivity contribution is 9.10. The van der Waals surface area contributed by atoms with Gasteiger partial charge in [-0.15, -0.1) is 0 Å². The highest BCUT2D eigenvalue weighted by atomic mass is 79.9. The maximum absolute atomic E-state index is 13.5. The van der Waals surface area contributed by atoms with Crippen molar-refractivity contribution in [2.75, 3.05) is 11.4 Å². The average molecular weight is 344 g/mol. The molecule has 0 saturated carbocycles. The van der Waals surface area contributed by atoms with E-state index in [1.54, 1.807) is 0 Å². The number of nitrogens with one attached hydrogen (secondary N) is 1. The predicted octanol–water partition coefficient (Wildman–Crippen LogP) is 0.888. The van der Waals surface area contributed by atoms with Gasteiger partial charge >= 0.3 is 0 Å². The largest absolute Gasteiger partial charge is 0.305 e. The summed E-state index contributed by atoms with van der Waals surface area (Å²) < 4.78 is 13.7. The number of amides is 2. The number of carbonyl (C=O) groups excluding carboxylic acids is 3. The quantitative estimate of drug-likeness (QED) is 0.367. The van der Waals surface area contributed by atoms with E-state index >= 15 is 0 Å². The average Bonchev–Trinajstić information content (AvgIpc) is 2.64. The van der Waals surface area contributed by atoms with Crippen molar-refractivity contribution in [3.8, 4) is 0 Å². The summed E-state index contributed by atoms with van der Waals surface area (Å²) in [6.07, 6.45) is 0.433. The molecule has 1 aliphatic rings. The summed E-state index contributed by atoms with van der Waals surface area (Å²) in [5.41, 5.74) is 2.36. The molecule has 0 aromatic heterocycles. The first-order chi connectivity index (χ1) is 9.45. The second-order valence-electron chi connectivity index (χ2n) is 4.24. The van der Waals surface area contributed by atoms with E-state index in [-0.39, 0.29) is 34.6 Å². The Kier molecular flexibility index (Phi) is 4.15. The third-order valence-corrected chi connectivity index (χ3v) is 3.57. The predicted molar refractivity (Wildman–Crippen MR) is 72.3 cm³/mol. The third-order valence-electron chi connectivity index (χ3n) is 2.96. The molecule has 1 aliphatic heterocycles. The van der Waals surface area contributed by atoms with Crippen LogP contribution in [0.1, 0.15) is 23.2 Å². The Hall–Kier alpha value is -1.80. The first-order valence-corrected chi connectivity index (χ1v) is 6.59. The van der Waals surface area contributed by atoms with Crippen LogP contribution in [0.25, 0.3) is 0 Å². The highest BCUT2D eigenvalue weighted by Crippen LogP contribution is 2.33. The summed E-state index contributed by atoms with van der Waals surface area (Å²) >= 11 is 2.97. The van der Waals surface area contributed by atoms with Gasteiger partial charge in [-0.1, -0.05) is 0 Å². The second-order valence-corrected chi connectivity index (χ2v) is 5.09. The van der Waals surface area contributed by atoms with E-state index in [2.05, 4.69) is 15.9 Å². The number of nitrogens with zero attached hydrogens (tertiary/aromatic N) is 1. The Morgan fingerprint density at radius 2 is 2.10 bits per heavy atom. The van der Waals surface area contributed by atoms with Gasteiger partial charge in [-0.2, -0.15) is 0 Å². The SMILES string of the molecule is NNC(=O)CCCN1C(=O)C(=O)c2cc(Br)c(F)cc21. The summed E-state index contributed by atoms with van der Waals surface area (Å²) in [4.78, 5) is 35.8. The number of Topliss-reactive ketones (excluding diaryl/α,β-unsaturated/α-hetero) is 1. The van der Waals surface area contributed by atoms with Gasteiger partial charge < -0.3 is 4.90 Å². The number of ketones is 1. The molecule has 0 radical (unpaired) electrons. The van der Waals surface area contributed by atoms with Crippen molar-refractivity contribution in [2.24, 2.45) is 5.84 Å². The molecular weight excluding hydrogens is 333 g/mol. The van der Waals surface area contributed by atoms with Gasteiger partial charge in [-0.05, 0) is 34.5 Å². The molecule has 0 unspecified atom stereocenters. The van der Waals surface area contributed by atoms with Crippen molar-refractivity contribution in [3.05, 3.63) is 28.0 Å². The van der Waals surface area contributed by atoms with Crippen LogP contribution in [-0.4, -0.2) is 24.1 Å². The van der Waals surface area contributed by atoms with Crippen LogP contribution in [0, 0.1) is 5.82 Å². The zero-order valence-electron chi connectivity index (χ0n) is 10.3. The molecule has 2 amide bonds. The monoisotopic (exact) mass is 343 g/mol. The number of fused-ring (bicyclic) bond motifs is 1. The first kappa shape index (κ1) is 14.6. The van der Waals surface area contributed by atoms with Gasteiger partial charge in [0.1, 0.15) is 5.82 Å². The number of carbonyl (C=O) groups is 3. The minimum Gasteiger partial charge on any atom is -0.305 e.